The standard InChI is InChI=1S/C12H11IN4S/c1-16(2)12-6-3-9(18-12)8-7-17-11(14-8)5-4-10(13)15-17/h3-7H,1-2H3. The zero-order valence-corrected chi connectivity index (χ0v) is 12.9. The van der Waals surface area contributed by atoms with Crippen LogP contribution in [0.3, 0.4) is 0 Å². The van der Waals surface area contributed by atoms with Gasteiger partial charge in [0.15, 0.2) is 5.65 Å². The Kier molecular flexibility index (Phi) is 2.98. The lowest BCUT2D eigenvalue weighted by Gasteiger charge is -2.06. The molecule has 3 heterocycles. The van der Waals surface area contributed by atoms with Crippen molar-refractivity contribution in [1.82, 2.24) is 14.6 Å². The van der Waals surface area contributed by atoms with E-state index in [4.69, 9.17) is 0 Å². The van der Waals surface area contributed by atoms with Crippen LogP contribution in [-0.2, 0) is 0 Å². The Labute approximate surface area is 122 Å². The zero-order chi connectivity index (χ0) is 12.7. The van der Waals surface area contributed by atoms with Gasteiger partial charge in [-0.2, -0.15) is 5.10 Å². The van der Waals surface area contributed by atoms with Crippen LogP contribution in [-0.4, -0.2) is 28.7 Å². The molecule has 0 spiro atoms. The van der Waals surface area contributed by atoms with Crippen LogP contribution in [0.25, 0.3) is 16.2 Å². The van der Waals surface area contributed by atoms with Gasteiger partial charge in [0.05, 0.1) is 16.1 Å². The summed E-state index contributed by atoms with van der Waals surface area (Å²) in [6, 6.07) is 8.17. The molecule has 0 aliphatic rings. The minimum atomic E-state index is 0.880. The molecule has 3 rings (SSSR count). The van der Waals surface area contributed by atoms with Crippen molar-refractivity contribution < 1.29 is 0 Å². The molecule has 0 aliphatic heterocycles. The quantitative estimate of drug-likeness (QED) is 0.650. The molecule has 6 heteroatoms. The Balaban J connectivity index is 2.07. The van der Waals surface area contributed by atoms with Crippen LogP contribution < -0.4 is 4.90 Å². The van der Waals surface area contributed by atoms with Crippen LogP contribution in [0.1, 0.15) is 0 Å². The number of hydrogen-bond donors (Lipinski definition) is 0. The first kappa shape index (κ1) is 11.9. The Hall–Kier alpha value is -1.15. The van der Waals surface area contributed by atoms with Gasteiger partial charge in [-0.3, -0.25) is 0 Å². The first-order valence-corrected chi connectivity index (χ1v) is 7.32. The van der Waals surface area contributed by atoms with E-state index in [0.29, 0.717) is 0 Å². The van der Waals surface area contributed by atoms with Crippen LogP contribution in [0, 0.1) is 3.70 Å². The Bertz CT molecular complexity index is 701. The minimum Gasteiger partial charge on any atom is -0.370 e. The van der Waals surface area contributed by atoms with E-state index in [1.165, 1.54) is 9.88 Å². The van der Waals surface area contributed by atoms with Crippen molar-refractivity contribution in [2.24, 2.45) is 0 Å². The molecule has 3 aromatic rings. The fraction of sp³-hybridized carbons (Fsp3) is 0.167. The summed E-state index contributed by atoms with van der Waals surface area (Å²) in [5.41, 5.74) is 1.85. The van der Waals surface area contributed by atoms with Gasteiger partial charge in [-0.05, 0) is 46.9 Å². The van der Waals surface area contributed by atoms with E-state index in [2.05, 4.69) is 49.7 Å². The second kappa shape index (κ2) is 4.51. The van der Waals surface area contributed by atoms with Crippen molar-refractivity contribution in [1.29, 1.82) is 0 Å². The van der Waals surface area contributed by atoms with Gasteiger partial charge in [0.1, 0.15) is 9.39 Å². The third kappa shape index (κ3) is 2.10. The van der Waals surface area contributed by atoms with E-state index in [9.17, 15) is 0 Å². The fourth-order valence-electron chi connectivity index (χ4n) is 1.68. The number of halogens is 1. The molecule has 18 heavy (non-hydrogen) atoms. The average molecular weight is 370 g/mol. The lowest BCUT2D eigenvalue weighted by molar-refractivity contribution is 0.915. The number of imidazole rings is 1. The van der Waals surface area contributed by atoms with Crippen molar-refractivity contribution in [3.05, 3.63) is 34.2 Å². The Morgan fingerprint density at radius 2 is 2.06 bits per heavy atom. The first-order chi connectivity index (χ1) is 8.63. The maximum absolute atomic E-state index is 4.59. The van der Waals surface area contributed by atoms with Gasteiger partial charge in [0.2, 0.25) is 0 Å². The molecule has 0 aromatic carbocycles. The van der Waals surface area contributed by atoms with Crippen molar-refractivity contribution in [3.8, 4) is 10.6 Å². The predicted octanol–water partition coefficient (Wildman–Crippen LogP) is 3.13. The third-order valence-corrected chi connectivity index (χ3v) is 4.42. The molecule has 3 aromatic heterocycles. The Morgan fingerprint density at radius 3 is 2.78 bits per heavy atom. The molecule has 0 radical (unpaired) electrons. The summed E-state index contributed by atoms with van der Waals surface area (Å²) in [5, 5.41) is 5.63. The minimum absolute atomic E-state index is 0.880. The molecule has 0 saturated heterocycles. The maximum Gasteiger partial charge on any atom is 0.154 e. The summed E-state index contributed by atoms with van der Waals surface area (Å²) in [5.74, 6) is 0. The summed E-state index contributed by atoms with van der Waals surface area (Å²) in [4.78, 5) is 7.85. The molecule has 4 nitrogen and oxygen atoms in total. The second-order valence-corrected chi connectivity index (χ2v) is 6.28. The molecule has 0 saturated carbocycles. The predicted molar refractivity (Wildman–Crippen MR) is 83.3 cm³/mol. The van der Waals surface area contributed by atoms with E-state index < -0.39 is 0 Å². The van der Waals surface area contributed by atoms with Crippen molar-refractivity contribution in [3.63, 3.8) is 0 Å². The number of aromatic nitrogens is 3. The van der Waals surface area contributed by atoms with Gasteiger partial charge in [0, 0.05) is 14.1 Å². The highest BCUT2D eigenvalue weighted by atomic mass is 127. The maximum atomic E-state index is 4.59. The molecule has 0 atom stereocenters. The highest BCUT2D eigenvalue weighted by Crippen LogP contribution is 2.32. The van der Waals surface area contributed by atoms with Crippen LogP contribution in [0.5, 0.6) is 0 Å². The van der Waals surface area contributed by atoms with Crippen LogP contribution in [0.2, 0.25) is 0 Å². The van der Waals surface area contributed by atoms with Gasteiger partial charge in [-0.15, -0.1) is 11.3 Å². The van der Waals surface area contributed by atoms with Gasteiger partial charge in [-0.25, -0.2) is 9.50 Å². The van der Waals surface area contributed by atoms with Gasteiger partial charge < -0.3 is 4.90 Å². The molecule has 0 unspecified atom stereocenters. The number of anilines is 1. The summed E-state index contributed by atoms with van der Waals surface area (Å²) in [6.45, 7) is 0. The molecule has 0 amide bonds. The van der Waals surface area contributed by atoms with E-state index in [1.807, 2.05) is 36.9 Å². The number of nitrogens with zero attached hydrogens (tertiary/aromatic N) is 4. The smallest absolute Gasteiger partial charge is 0.154 e. The molecule has 0 bridgehead atoms. The monoisotopic (exact) mass is 370 g/mol. The molecule has 92 valence electrons. The highest BCUT2D eigenvalue weighted by Gasteiger charge is 2.09. The van der Waals surface area contributed by atoms with Crippen LogP contribution >= 0.6 is 33.9 Å². The molecule has 0 N–H and O–H groups in total. The van der Waals surface area contributed by atoms with E-state index in [0.717, 1.165) is 15.0 Å². The van der Waals surface area contributed by atoms with E-state index in [1.54, 1.807) is 11.3 Å². The number of hydrogen-bond acceptors (Lipinski definition) is 4. The third-order valence-electron chi connectivity index (χ3n) is 2.57. The van der Waals surface area contributed by atoms with Gasteiger partial charge >= 0.3 is 0 Å². The second-order valence-electron chi connectivity index (χ2n) is 4.12. The topological polar surface area (TPSA) is 33.4 Å². The largest absolute Gasteiger partial charge is 0.370 e. The van der Waals surface area contributed by atoms with E-state index in [-0.39, 0.29) is 0 Å². The lowest BCUT2D eigenvalue weighted by atomic mass is 10.4. The van der Waals surface area contributed by atoms with E-state index >= 15 is 0 Å². The van der Waals surface area contributed by atoms with Crippen molar-refractivity contribution >= 4 is 44.6 Å². The SMILES string of the molecule is CN(C)c1ccc(-c2cn3nc(I)ccc3n2)s1. The van der Waals surface area contributed by atoms with Gasteiger partial charge in [0.25, 0.3) is 0 Å². The summed E-state index contributed by atoms with van der Waals surface area (Å²) in [7, 11) is 4.09. The van der Waals surface area contributed by atoms with Crippen LogP contribution in [0.4, 0.5) is 5.00 Å². The Morgan fingerprint density at radius 1 is 1.22 bits per heavy atom. The van der Waals surface area contributed by atoms with Crippen molar-refractivity contribution in [2.75, 3.05) is 19.0 Å². The fourth-order valence-corrected chi connectivity index (χ4v) is 2.98. The van der Waals surface area contributed by atoms with Gasteiger partial charge in [-0.1, -0.05) is 0 Å². The molecular formula is C12H11IN4S. The summed E-state index contributed by atoms with van der Waals surface area (Å²) < 4.78 is 2.79. The van der Waals surface area contributed by atoms with Crippen LogP contribution in [0.15, 0.2) is 30.5 Å². The summed E-state index contributed by atoms with van der Waals surface area (Å²) in [6.07, 6.45) is 1.97. The number of fused-ring (bicyclic) bond motifs is 1. The molecular weight excluding hydrogens is 359 g/mol. The molecule has 0 fully saturated rings. The van der Waals surface area contributed by atoms with Crippen molar-refractivity contribution in [2.45, 2.75) is 0 Å². The lowest BCUT2D eigenvalue weighted by Crippen LogP contribution is -2.05. The number of rotatable bonds is 2. The summed E-state index contributed by atoms with van der Waals surface area (Å²) >= 11 is 3.93. The highest BCUT2D eigenvalue weighted by molar-refractivity contribution is 14.1. The molecule has 0 aliphatic carbocycles. The zero-order valence-electron chi connectivity index (χ0n) is 9.96. The normalized spacial score (nSPS) is 11.1. The average Bonchev–Trinajstić information content (AvgIpc) is 2.93. The number of thiophene rings is 1. The first-order valence-electron chi connectivity index (χ1n) is 5.43.